The lowest BCUT2D eigenvalue weighted by Gasteiger charge is -2.33. The lowest BCUT2D eigenvalue weighted by Crippen LogP contribution is -2.30. The van der Waals surface area contributed by atoms with Crippen LogP contribution in [0.2, 0.25) is 0 Å². The minimum atomic E-state index is -4.57. The van der Waals surface area contributed by atoms with Gasteiger partial charge in [-0.2, -0.15) is 0 Å². The Hall–Kier alpha value is -0.640. The van der Waals surface area contributed by atoms with Crippen LogP contribution in [0.25, 0.3) is 0 Å². The molecule has 0 spiro atoms. The highest BCUT2D eigenvalue weighted by molar-refractivity contribution is 7.53. The number of rotatable bonds is 14. The molecule has 0 heterocycles. The van der Waals surface area contributed by atoms with Gasteiger partial charge in [0.05, 0.1) is 0 Å². The molecule has 0 aliphatic carbocycles. The van der Waals surface area contributed by atoms with Gasteiger partial charge in [0.2, 0.25) is 0 Å². The summed E-state index contributed by atoms with van der Waals surface area (Å²) >= 11 is 0. The van der Waals surface area contributed by atoms with Crippen molar-refractivity contribution in [3.63, 3.8) is 0 Å². The number of hydrogen-bond donors (Lipinski definition) is 3. The first-order valence-corrected chi connectivity index (χ1v) is 13.0. The van der Waals surface area contributed by atoms with Gasteiger partial charge in [-0.3, -0.25) is 9.36 Å². The Morgan fingerprint density at radius 3 is 1.55 bits per heavy atom. The van der Waals surface area contributed by atoms with E-state index in [9.17, 15) is 9.36 Å². The number of carbonyl (C=O) groups is 1. The van der Waals surface area contributed by atoms with Crippen molar-refractivity contribution in [2.24, 2.45) is 10.8 Å². The molecule has 0 fully saturated rings. The molecule has 0 aromatic heterocycles. The van der Waals surface area contributed by atoms with E-state index in [1.165, 1.54) is 44.1 Å². The van der Waals surface area contributed by atoms with E-state index < -0.39 is 19.2 Å². The Kier molecular flexibility index (Phi) is 15.1. The van der Waals surface area contributed by atoms with Gasteiger partial charge < -0.3 is 14.9 Å². The van der Waals surface area contributed by atoms with Crippen LogP contribution in [0.4, 0.5) is 0 Å². The average Bonchev–Trinajstić information content (AvgIpc) is 2.69. The van der Waals surface area contributed by atoms with E-state index in [2.05, 4.69) is 34.3 Å². The number of carboxylic acids is 1. The van der Waals surface area contributed by atoms with Gasteiger partial charge >= 0.3 is 13.6 Å². The maximum Gasteiger partial charge on any atom is 0.339 e. The van der Waals surface area contributed by atoms with Crippen LogP contribution in [0.5, 0.6) is 0 Å². The van der Waals surface area contributed by atoms with Crippen LogP contribution in [0.3, 0.4) is 0 Å². The van der Waals surface area contributed by atoms with Gasteiger partial charge in [-0.1, -0.05) is 86.3 Å². The first kappa shape index (κ1) is 30.6. The summed E-state index contributed by atoms with van der Waals surface area (Å²) in [5.41, 5.74) is 0.0634. The summed E-state index contributed by atoms with van der Waals surface area (Å²) in [5, 5.41) is 8.87. The molecule has 0 saturated carbocycles. The minimum absolute atomic E-state index is 0.0378. The molecule has 1 atom stereocenters. The fourth-order valence-corrected chi connectivity index (χ4v) is 5.01. The van der Waals surface area contributed by atoms with Crippen LogP contribution in [0.1, 0.15) is 113 Å². The van der Waals surface area contributed by atoms with E-state index in [1.54, 1.807) is 0 Å². The molecule has 0 amide bonds. The molecule has 5 nitrogen and oxygen atoms in total. The summed E-state index contributed by atoms with van der Waals surface area (Å²) in [4.78, 5) is 28.9. The molecular weight excluding hydrogens is 387 g/mol. The standard InChI is InChI=1S/C13H26.C10H21O5P/c1-6-10-11-12(5)13(7-2,8-3)9-4;1-4-10(5-2,6-3)7-8(9(11)12)16(13,14)15/h5-11H2,1-4H3;8H,4-7H2,1-3H3,(H,11,12)(H2,13,14,15). The molecule has 29 heavy (non-hydrogen) atoms. The topological polar surface area (TPSA) is 94.8 Å². The van der Waals surface area contributed by atoms with Gasteiger partial charge in [0, 0.05) is 0 Å². The number of aliphatic carboxylic acids is 1. The molecular formula is C23H47O5P. The van der Waals surface area contributed by atoms with E-state index in [-0.39, 0.29) is 11.8 Å². The van der Waals surface area contributed by atoms with Gasteiger partial charge in [-0.05, 0) is 49.4 Å². The van der Waals surface area contributed by atoms with Gasteiger partial charge in [0.15, 0.2) is 5.66 Å². The van der Waals surface area contributed by atoms with Gasteiger partial charge in [0.1, 0.15) is 0 Å². The second-order valence-corrected chi connectivity index (χ2v) is 10.1. The van der Waals surface area contributed by atoms with E-state index >= 15 is 0 Å². The van der Waals surface area contributed by atoms with Crippen LogP contribution in [0, 0.1) is 10.8 Å². The molecule has 0 rings (SSSR count). The fourth-order valence-electron chi connectivity index (χ4n) is 4.10. The molecule has 0 saturated heterocycles. The second kappa shape index (κ2) is 14.4. The normalized spacial score (nSPS) is 13.4. The number of carboxylic acid groups (broad SMARTS) is 1. The molecule has 0 aromatic carbocycles. The number of unbranched alkanes of at least 4 members (excludes halogenated alkanes) is 1. The molecule has 0 aromatic rings. The predicted molar refractivity (Wildman–Crippen MR) is 123 cm³/mol. The molecule has 1 unspecified atom stereocenters. The van der Waals surface area contributed by atoms with Crippen LogP contribution in [-0.2, 0) is 9.36 Å². The number of allylic oxidation sites excluding steroid dienone is 1. The lowest BCUT2D eigenvalue weighted by molar-refractivity contribution is -0.137. The van der Waals surface area contributed by atoms with E-state index in [0.29, 0.717) is 5.41 Å². The molecule has 0 aliphatic rings. The first-order valence-electron chi connectivity index (χ1n) is 11.3. The zero-order chi connectivity index (χ0) is 23.3. The zero-order valence-corrected chi connectivity index (χ0v) is 20.9. The third kappa shape index (κ3) is 9.81. The summed E-state index contributed by atoms with van der Waals surface area (Å²) in [7, 11) is -4.57. The van der Waals surface area contributed by atoms with Crippen molar-refractivity contribution in [2.75, 3.05) is 0 Å². The molecule has 0 aliphatic heterocycles. The van der Waals surface area contributed by atoms with E-state index in [0.717, 1.165) is 19.3 Å². The van der Waals surface area contributed by atoms with Crippen molar-refractivity contribution < 1.29 is 24.3 Å². The molecule has 6 heteroatoms. The van der Waals surface area contributed by atoms with Crippen LogP contribution >= 0.6 is 7.60 Å². The highest BCUT2D eigenvalue weighted by Crippen LogP contribution is 2.49. The van der Waals surface area contributed by atoms with Crippen LogP contribution < -0.4 is 0 Å². The molecule has 0 radical (unpaired) electrons. The SMILES string of the molecule is C=C(CCCC)C(CC)(CC)CC.CCC(CC)(CC)CC(C(=O)O)P(=O)(O)O. The van der Waals surface area contributed by atoms with Crippen molar-refractivity contribution >= 4 is 13.6 Å². The van der Waals surface area contributed by atoms with Crippen molar-refractivity contribution in [2.45, 2.75) is 118 Å². The summed E-state index contributed by atoms with van der Waals surface area (Å²) in [6.07, 6.45) is 9.79. The van der Waals surface area contributed by atoms with Crippen molar-refractivity contribution in [3.05, 3.63) is 12.2 Å². The third-order valence-electron chi connectivity index (χ3n) is 7.18. The highest BCUT2D eigenvalue weighted by Gasteiger charge is 2.41. The van der Waals surface area contributed by atoms with Crippen molar-refractivity contribution in [3.8, 4) is 0 Å². The quantitative estimate of drug-likeness (QED) is 0.199. The largest absolute Gasteiger partial charge is 0.481 e. The lowest BCUT2D eigenvalue weighted by atomic mass is 9.72. The smallest absolute Gasteiger partial charge is 0.339 e. The van der Waals surface area contributed by atoms with Gasteiger partial charge in [-0.25, -0.2) is 0 Å². The monoisotopic (exact) mass is 434 g/mol. The van der Waals surface area contributed by atoms with E-state index in [1.807, 2.05) is 20.8 Å². The van der Waals surface area contributed by atoms with Gasteiger partial charge in [0.25, 0.3) is 0 Å². The Labute approximate surface area is 179 Å². The fraction of sp³-hybridized carbons (Fsp3) is 0.870. The molecule has 0 bridgehead atoms. The maximum absolute atomic E-state index is 11.1. The Balaban J connectivity index is 0. The third-order valence-corrected chi connectivity index (χ3v) is 8.40. The summed E-state index contributed by atoms with van der Waals surface area (Å²) in [6.45, 7) is 19.2. The molecule has 3 N–H and O–H groups in total. The Morgan fingerprint density at radius 2 is 1.31 bits per heavy atom. The Bertz CT molecular complexity index is 499. The van der Waals surface area contributed by atoms with Crippen molar-refractivity contribution in [1.29, 1.82) is 0 Å². The zero-order valence-electron chi connectivity index (χ0n) is 20.0. The average molecular weight is 435 g/mol. The summed E-state index contributed by atoms with van der Waals surface area (Å²) in [6, 6.07) is 0. The van der Waals surface area contributed by atoms with E-state index in [4.69, 9.17) is 14.9 Å². The van der Waals surface area contributed by atoms with Crippen LogP contribution in [0.15, 0.2) is 12.2 Å². The predicted octanol–water partition coefficient (Wildman–Crippen LogP) is 7.17. The highest BCUT2D eigenvalue weighted by atomic mass is 31.2. The maximum atomic E-state index is 11.1. The van der Waals surface area contributed by atoms with Crippen molar-refractivity contribution in [1.82, 2.24) is 0 Å². The Morgan fingerprint density at radius 1 is 0.897 bits per heavy atom. The summed E-state index contributed by atoms with van der Waals surface area (Å²) in [5.74, 6) is -1.41. The minimum Gasteiger partial charge on any atom is -0.481 e. The summed E-state index contributed by atoms with van der Waals surface area (Å²) < 4.78 is 11.1. The number of hydrogen-bond acceptors (Lipinski definition) is 2. The second-order valence-electron chi connectivity index (χ2n) is 8.26. The van der Waals surface area contributed by atoms with Crippen LogP contribution in [-0.4, -0.2) is 26.5 Å². The van der Waals surface area contributed by atoms with Gasteiger partial charge in [-0.15, -0.1) is 0 Å². The molecule has 174 valence electrons. The first-order chi connectivity index (χ1) is 13.4.